The van der Waals surface area contributed by atoms with Gasteiger partial charge >= 0.3 is 0 Å². The Labute approximate surface area is 91.6 Å². The monoisotopic (exact) mass is 220 g/mol. The molecule has 0 radical (unpaired) electrons. The first-order chi connectivity index (χ1) is 7.74. The van der Waals surface area contributed by atoms with Gasteiger partial charge in [0.2, 0.25) is 5.89 Å². The zero-order valence-corrected chi connectivity index (χ0v) is 8.92. The normalized spacial score (nSPS) is 15.6. The van der Waals surface area contributed by atoms with E-state index in [2.05, 4.69) is 20.5 Å². The molecule has 0 spiro atoms. The highest BCUT2D eigenvalue weighted by atomic mass is 16.5. The molecule has 7 heteroatoms. The highest BCUT2D eigenvalue weighted by molar-refractivity contribution is 5.31. The lowest BCUT2D eigenvalue weighted by Gasteiger charge is -1.97. The van der Waals surface area contributed by atoms with Crippen molar-refractivity contribution in [3.63, 3.8) is 0 Å². The van der Waals surface area contributed by atoms with E-state index in [0.29, 0.717) is 24.1 Å². The molecule has 1 saturated carbocycles. The first kappa shape index (κ1) is 9.32. The molecule has 1 fully saturated rings. The Kier molecular flexibility index (Phi) is 1.92. The third-order valence-corrected chi connectivity index (χ3v) is 2.72. The molecule has 0 bridgehead atoms. The van der Waals surface area contributed by atoms with E-state index in [4.69, 9.17) is 10.3 Å². The Morgan fingerprint density at radius 3 is 2.94 bits per heavy atom. The van der Waals surface area contributed by atoms with Crippen LogP contribution in [-0.2, 0) is 6.54 Å². The predicted octanol–water partition coefficient (Wildman–Crippen LogP) is 0.477. The summed E-state index contributed by atoms with van der Waals surface area (Å²) in [6.07, 6.45) is 2.30. The number of nitrogens with zero attached hydrogens (tertiary/aromatic N) is 5. The third kappa shape index (κ3) is 1.54. The average Bonchev–Trinajstić information content (AvgIpc) is 2.96. The van der Waals surface area contributed by atoms with Crippen molar-refractivity contribution in [3.05, 3.63) is 17.4 Å². The maximum absolute atomic E-state index is 5.60. The molecule has 7 nitrogen and oxygen atoms in total. The van der Waals surface area contributed by atoms with Crippen LogP contribution in [-0.4, -0.2) is 25.1 Å². The van der Waals surface area contributed by atoms with Crippen LogP contribution in [0.25, 0.3) is 0 Å². The van der Waals surface area contributed by atoms with Crippen molar-refractivity contribution in [3.8, 4) is 0 Å². The fraction of sp³-hybridized carbons (Fsp3) is 0.556. The molecule has 0 saturated heterocycles. The van der Waals surface area contributed by atoms with E-state index in [0.717, 1.165) is 24.4 Å². The first-order valence-corrected chi connectivity index (χ1v) is 5.22. The molecule has 0 amide bonds. The summed E-state index contributed by atoms with van der Waals surface area (Å²) in [6.45, 7) is 2.31. The number of hydrogen-bond acceptors (Lipinski definition) is 6. The van der Waals surface area contributed by atoms with Crippen LogP contribution in [0.5, 0.6) is 0 Å². The van der Waals surface area contributed by atoms with Crippen molar-refractivity contribution in [1.29, 1.82) is 0 Å². The average molecular weight is 220 g/mol. The van der Waals surface area contributed by atoms with Gasteiger partial charge in [-0.3, -0.25) is 0 Å². The van der Waals surface area contributed by atoms with Crippen molar-refractivity contribution in [2.75, 3.05) is 5.73 Å². The maximum Gasteiger partial charge on any atom is 0.229 e. The van der Waals surface area contributed by atoms with E-state index in [1.807, 2.05) is 6.92 Å². The molecule has 16 heavy (non-hydrogen) atoms. The molecule has 0 aromatic carbocycles. The zero-order valence-electron chi connectivity index (χ0n) is 8.92. The molecule has 1 aliphatic carbocycles. The maximum atomic E-state index is 5.60. The fourth-order valence-electron chi connectivity index (χ4n) is 1.49. The van der Waals surface area contributed by atoms with Gasteiger partial charge < -0.3 is 10.3 Å². The van der Waals surface area contributed by atoms with Gasteiger partial charge in [0.1, 0.15) is 6.54 Å². The molecule has 3 rings (SSSR count). The Bertz CT molecular complexity index is 512. The summed E-state index contributed by atoms with van der Waals surface area (Å²) in [5, 5.41) is 11.6. The van der Waals surface area contributed by atoms with Crippen LogP contribution in [0.1, 0.15) is 36.2 Å². The molecular weight excluding hydrogens is 208 g/mol. The summed E-state index contributed by atoms with van der Waals surface area (Å²) >= 11 is 0. The van der Waals surface area contributed by atoms with Crippen LogP contribution in [0, 0.1) is 6.92 Å². The number of rotatable bonds is 3. The Morgan fingerprint density at radius 2 is 2.31 bits per heavy atom. The largest absolute Gasteiger partial charge is 0.381 e. The molecule has 2 aromatic rings. The van der Waals surface area contributed by atoms with E-state index in [-0.39, 0.29) is 0 Å². The summed E-state index contributed by atoms with van der Waals surface area (Å²) < 4.78 is 6.82. The molecule has 2 heterocycles. The Morgan fingerprint density at radius 1 is 1.50 bits per heavy atom. The van der Waals surface area contributed by atoms with Crippen molar-refractivity contribution in [1.82, 2.24) is 25.1 Å². The number of nitrogen functional groups attached to an aromatic ring is 1. The SMILES string of the molecule is Cc1c(N)nnn1Cc1noc(C2CC2)n1. The molecule has 0 atom stereocenters. The second-order valence-corrected chi connectivity index (χ2v) is 4.04. The molecule has 2 N–H and O–H groups in total. The Balaban J connectivity index is 1.80. The Hall–Kier alpha value is -1.92. The summed E-state index contributed by atoms with van der Waals surface area (Å²) in [5.41, 5.74) is 6.42. The number of anilines is 1. The van der Waals surface area contributed by atoms with Crippen LogP contribution in [0.3, 0.4) is 0 Å². The summed E-state index contributed by atoms with van der Waals surface area (Å²) in [7, 11) is 0. The highest BCUT2D eigenvalue weighted by Gasteiger charge is 2.29. The van der Waals surface area contributed by atoms with Crippen molar-refractivity contribution < 1.29 is 4.52 Å². The second-order valence-electron chi connectivity index (χ2n) is 4.04. The predicted molar refractivity (Wildman–Crippen MR) is 54.5 cm³/mol. The van der Waals surface area contributed by atoms with E-state index < -0.39 is 0 Å². The van der Waals surface area contributed by atoms with Crippen molar-refractivity contribution >= 4 is 5.82 Å². The first-order valence-electron chi connectivity index (χ1n) is 5.22. The lowest BCUT2D eigenvalue weighted by Crippen LogP contribution is -2.05. The van der Waals surface area contributed by atoms with Gasteiger partial charge in [0, 0.05) is 5.92 Å². The van der Waals surface area contributed by atoms with Gasteiger partial charge in [-0.05, 0) is 19.8 Å². The minimum absolute atomic E-state index is 0.436. The van der Waals surface area contributed by atoms with E-state index in [1.165, 1.54) is 0 Å². The van der Waals surface area contributed by atoms with Gasteiger partial charge in [-0.2, -0.15) is 4.98 Å². The van der Waals surface area contributed by atoms with Crippen LogP contribution < -0.4 is 5.73 Å². The van der Waals surface area contributed by atoms with Crippen molar-refractivity contribution in [2.24, 2.45) is 0 Å². The van der Waals surface area contributed by atoms with Crippen LogP contribution >= 0.6 is 0 Å². The third-order valence-electron chi connectivity index (χ3n) is 2.72. The van der Waals surface area contributed by atoms with Gasteiger partial charge in [0.25, 0.3) is 0 Å². The van der Waals surface area contributed by atoms with E-state index in [1.54, 1.807) is 4.68 Å². The zero-order chi connectivity index (χ0) is 11.1. The molecule has 0 unspecified atom stereocenters. The molecular formula is C9H12N6O. The quantitative estimate of drug-likeness (QED) is 0.808. The van der Waals surface area contributed by atoms with E-state index >= 15 is 0 Å². The second kappa shape index (κ2) is 3.29. The standard InChI is InChI=1S/C9H12N6O/c1-5-8(10)12-14-15(5)4-7-11-9(16-13-7)6-2-3-6/h6H,2-4,10H2,1H3. The van der Waals surface area contributed by atoms with Gasteiger partial charge in [-0.25, -0.2) is 4.68 Å². The van der Waals surface area contributed by atoms with Crippen LogP contribution in [0.15, 0.2) is 4.52 Å². The molecule has 84 valence electrons. The van der Waals surface area contributed by atoms with E-state index in [9.17, 15) is 0 Å². The topological polar surface area (TPSA) is 95.7 Å². The molecule has 2 aromatic heterocycles. The number of hydrogen-bond donors (Lipinski definition) is 1. The van der Waals surface area contributed by atoms with Crippen LogP contribution in [0.2, 0.25) is 0 Å². The van der Waals surface area contributed by atoms with Crippen molar-refractivity contribution in [2.45, 2.75) is 32.2 Å². The van der Waals surface area contributed by atoms with Gasteiger partial charge in [0.15, 0.2) is 11.6 Å². The lowest BCUT2D eigenvalue weighted by atomic mass is 10.4. The minimum Gasteiger partial charge on any atom is -0.381 e. The summed E-state index contributed by atoms with van der Waals surface area (Å²) in [5.74, 6) is 2.27. The number of nitrogens with two attached hydrogens (primary N) is 1. The highest BCUT2D eigenvalue weighted by Crippen LogP contribution is 2.38. The summed E-state index contributed by atoms with van der Waals surface area (Å²) in [4.78, 5) is 4.31. The fourth-order valence-corrected chi connectivity index (χ4v) is 1.49. The smallest absolute Gasteiger partial charge is 0.229 e. The van der Waals surface area contributed by atoms with Gasteiger partial charge in [-0.15, -0.1) is 5.10 Å². The van der Waals surface area contributed by atoms with Crippen LogP contribution in [0.4, 0.5) is 5.82 Å². The lowest BCUT2D eigenvalue weighted by molar-refractivity contribution is 0.372. The molecule has 0 aliphatic heterocycles. The minimum atomic E-state index is 0.436. The van der Waals surface area contributed by atoms with Gasteiger partial charge in [0.05, 0.1) is 5.69 Å². The summed E-state index contributed by atoms with van der Waals surface area (Å²) in [6, 6.07) is 0. The van der Waals surface area contributed by atoms with Gasteiger partial charge in [-0.1, -0.05) is 10.4 Å². The molecule has 1 aliphatic rings. The number of aromatic nitrogens is 5.